The summed E-state index contributed by atoms with van der Waals surface area (Å²) in [4.78, 5) is 20.2. The van der Waals surface area contributed by atoms with Gasteiger partial charge in [-0.2, -0.15) is 0 Å². The Morgan fingerprint density at radius 1 is 1.44 bits per heavy atom. The molecule has 0 unspecified atom stereocenters. The van der Waals surface area contributed by atoms with Crippen molar-refractivity contribution in [3.8, 4) is 0 Å². The van der Waals surface area contributed by atoms with Gasteiger partial charge in [-0.25, -0.2) is 4.98 Å². The van der Waals surface area contributed by atoms with Crippen molar-refractivity contribution >= 4 is 11.7 Å². The molecule has 18 heavy (non-hydrogen) atoms. The summed E-state index contributed by atoms with van der Waals surface area (Å²) in [5.41, 5.74) is 6.00. The third kappa shape index (κ3) is 3.20. The van der Waals surface area contributed by atoms with Crippen LogP contribution in [0.4, 0.5) is 5.82 Å². The maximum absolute atomic E-state index is 12.1. The van der Waals surface area contributed by atoms with Gasteiger partial charge < -0.3 is 15.5 Å². The first kappa shape index (κ1) is 12.8. The molecule has 1 aliphatic heterocycles. The topological polar surface area (TPSA) is 62.5 Å². The van der Waals surface area contributed by atoms with E-state index in [4.69, 9.17) is 5.73 Å². The lowest BCUT2D eigenvalue weighted by atomic mass is 10.3. The van der Waals surface area contributed by atoms with Crippen LogP contribution in [0.5, 0.6) is 0 Å². The van der Waals surface area contributed by atoms with Crippen molar-refractivity contribution in [2.75, 3.05) is 39.0 Å². The maximum atomic E-state index is 12.1. The number of amides is 1. The first-order valence-electron chi connectivity index (χ1n) is 6.37. The Morgan fingerprint density at radius 3 is 2.83 bits per heavy atom. The Hall–Kier alpha value is -1.62. The second kappa shape index (κ2) is 5.82. The molecule has 0 radical (unpaired) electrons. The molecule has 0 saturated carbocycles. The van der Waals surface area contributed by atoms with E-state index < -0.39 is 0 Å². The largest absolute Gasteiger partial charge is 0.384 e. The van der Waals surface area contributed by atoms with Gasteiger partial charge in [0.25, 0.3) is 5.91 Å². The number of nitrogens with zero attached hydrogens (tertiary/aromatic N) is 3. The lowest BCUT2D eigenvalue weighted by Gasteiger charge is -2.21. The van der Waals surface area contributed by atoms with Crippen LogP contribution in [0.3, 0.4) is 0 Å². The highest BCUT2D eigenvalue weighted by molar-refractivity contribution is 5.92. The number of nitrogens with two attached hydrogens (primary N) is 1. The van der Waals surface area contributed by atoms with Gasteiger partial charge in [0.2, 0.25) is 0 Å². The van der Waals surface area contributed by atoms with E-state index in [1.807, 2.05) is 7.05 Å². The van der Waals surface area contributed by atoms with Crippen LogP contribution >= 0.6 is 0 Å². The fourth-order valence-corrected chi connectivity index (χ4v) is 2.17. The maximum Gasteiger partial charge on any atom is 0.272 e. The van der Waals surface area contributed by atoms with Gasteiger partial charge in [0.1, 0.15) is 11.5 Å². The molecule has 2 N–H and O–H groups in total. The molecule has 2 heterocycles. The van der Waals surface area contributed by atoms with E-state index in [0.717, 1.165) is 26.2 Å². The number of nitrogen functional groups attached to an aromatic ring is 1. The van der Waals surface area contributed by atoms with Crippen LogP contribution < -0.4 is 5.73 Å². The van der Waals surface area contributed by atoms with Gasteiger partial charge >= 0.3 is 0 Å². The molecule has 0 bridgehead atoms. The van der Waals surface area contributed by atoms with E-state index in [0.29, 0.717) is 11.5 Å². The van der Waals surface area contributed by atoms with E-state index in [1.54, 1.807) is 23.1 Å². The molecule has 1 aromatic heterocycles. The Balaban J connectivity index is 1.87. The minimum Gasteiger partial charge on any atom is -0.384 e. The van der Waals surface area contributed by atoms with Crippen LogP contribution in [0.1, 0.15) is 23.3 Å². The fraction of sp³-hybridized carbons (Fsp3) is 0.538. The second-order valence-electron chi connectivity index (χ2n) is 4.72. The van der Waals surface area contributed by atoms with Crippen molar-refractivity contribution < 1.29 is 4.79 Å². The highest BCUT2D eigenvalue weighted by atomic mass is 16.2. The lowest BCUT2D eigenvalue weighted by molar-refractivity contribution is 0.0776. The van der Waals surface area contributed by atoms with Crippen molar-refractivity contribution in [1.82, 2.24) is 14.8 Å². The minimum absolute atomic E-state index is 0.0681. The Labute approximate surface area is 108 Å². The van der Waals surface area contributed by atoms with Gasteiger partial charge in [-0.05, 0) is 38.1 Å². The van der Waals surface area contributed by atoms with Gasteiger partial charge in [-0.3, -0.25) is 4.79 Å². The predicted octanol–water partition coefficient (Wildman–Crippen LogP) is 0.832. The van der Waals surface area contributed by atoms with Crippen LogP contribution in [-0.4, -0.2) is 53.9 Å². The van der Waals surface area contributed by atoms with Gasteiger partial charge in [0.15, 0.2) is 0 Å². The Kier molecular flexibility index (Phi) is 4.15. The molecular formula is C13H20N4O. The van der Waals surface area contributed by atoms with Crippen molar-refractivity contribution in [3.63, 3.8) is 0 Å². The standard InChI is InChI=1S/C13H20N4O/c1-16(9-10-17-7-2-3-8-17)13(18)11-5-4-6-12(14)15-11/h4-6H,2-3,7-10H2,1H3,(H2,14,15). The van der Waals surface area contributed by atoms with Gasteiger partial charge in [0.05, 0.1) is 0 Å². The van der Waals surface area contributed by atoms with Crippen molar-refractivity contribution in [1.29, 1.82) is 0 Å². The van der Waals surface area contributed by atoms with Gasteiger partial charge in [-0.1, -0.05) is 6.07 Å². The monoisotopic (exact) mass is 248 g/mol. The summed E-state index contributed by atoms with van der Waals surface area (Å²) < 4.78 is 0. The molecule has 2 rings (SSSR count). The predicted molar refractivity (Wildman–Crippen MR) is 71.3 cm³/mol. The molecule has 98 valence electrons. The van der Waals surface area contributed by atoms with Crippen molar-refractivity contribution in [3.05, 3.63) is 23.9 Å². The second-order valence-corrected chi connectivity index (χ2v) is 4.72. The number of pyridine rings is 1. The number of hydrogen-bond acceptors (Lipinski definition) is 4. The van der Waals surface area contributed by atoms with E-state index in [-0.39, 0.29) is 5.91 Å². The summed E-state index contributed by atoms with van der Waals surface area (Å²) in [5, 5.41) is 0. The summed E-state index contributed by atoms with van der Waals surface area (Å²) in [6.07, 6.45) is 2.54. The zero-order valence-corrected chi connectivity index (χ0v) is 10.8. The number of carbonyl (C=O) groups is 1. The molecule has 0 aromatic carbocycles. The number of aromatic nitrogens is 1. The average Bonchev–Trinajstić information content (AvgIpc) is 2.88. The van der Waals surface area contributed by atoms with Gasteiger partial charge in [-0.15, -0.1) is 0 Å². The molecule has 0 spiro atoms. The third-order valence-electron chi connectivity index (χ3n) is 3.29. The summed E-state index contributed by atoms with van der Waals surface area (Å²) in [6, 6.07) is 5.13. The molecule has 0 aliphatic carbocycles. The molecule has 1 aromatic rings. The normalized spacial score (nSPS) is 15.8. The smallest absolute Gasteiger partial charge is 0.272 e. The first-order chi connectivity index (χ1) is 8.66. The summed E-state index contributed by atoms with van der Waals surface area (Å²) in [6.45, 7) is 3.97. The van der Waals surface area contributed by atoms with E-state index in [9.17, 15) is 4.79 Å². The molecule has 1 fully saturated rings. The molecule has 0 atom stereocenters. The SMILES string of the molecule is CN(CCN1CCCC1)C(=O)c1cccc(N)n1. The van der Waals surface area contributed by atoms with E-state index >= 15 is 0 Å². The van der Waals surface area contributed by atoms with E-state index in [2.05, 4.69) is 9.88 Å². The third-order valence-corrected chi connectivity index (χ3v) is 3.29. The molecular weight excluding hydrogens is 228 g/mol. The average molecular weight is 248 g/mol. The van der Waals surface area contributed by atoms with Gasteiger partial charge in [0, 0.05) is 20.1 Å². The fourth-order valence-electron chi connectivity index (χ4n) is 2.17. The Bertz CT molecular complexity index is 415. The highest BCUT2D eigenvalue weighted by Crippen LogP contribution is 2.08. The molecule has 1 amide bonds. The van der Waals surface area contributed by atoms with Crippen LogP contribution in [0.2, 0.25) is 0 Å². The van der Waals surface area contributed by atoms with Crippen LogP contribution in [0, 0.1) is 0 Å². The van der Waals surface area contributed by atoms with Crippen molar-refractivity contribution in [2.24, 2.45) is 0 Å². The number of anilines is 1. The highest BCUT2D eigenvalue weighted by Gasteiger charge is 2.16. The zero-order valence-electron chi connectivity index (χ0n) is 10.8. The Morgan fingerprint density at radius 2 is 2.17 bits per heavy atom. The lowest BCUT2D eigenvalue weighted by Crippen LogP contribution is -2.35. The number of likely N-dealkylation sites (tertiary alicyclic amines) is 1. The molecule has 1 saturated heterocycles. The quantitative estimate of drug-likeness (QED) is 0.857. The zero-order chi connectivity index (χ0) is 13.0. The number of likely N-dealkylation sites (N-methyl/N-ethyl adjacent to an activating group) is 1. The molecule has 1 aliphatic rings. The van der Waals surface area contributed by atoms with Crippen LogP contribution in [0.25, 0.3) is 0 Å². The number of hydrogen-bond donors (Lipinski definition) is 1. The van der Waals surface area contributed by atoms with Crippen LogP contribution in [0.15, 0.2) is 18.2 Å². The van der Waals surface area contributed by atoms with Crippen molar-refractivity contribution in [2.45, 2.75) is 12.8 Å². The number of carbonyl (C=O) groups excluding carboxylic acids is 1. The number of rotatable bonds is 4. The summed E-state index contributed by atoms with van der Waals surface area (Å²) in [5.74, 6) is 0.315. The van der Waals surface area contributed by atoms with Crippen LogP contribution in [-0.2, 0) is 0 Å². The summed E-state index contributed by atoms with van der Waals surface area (Å²) in [7, 11) is 1.81. The van der Waals surface area contributed by atoms with E-state index in [1.165, 1.54) is 12.8 Å². The first-order valence-corrected chi connectivity index (χ1v) is 6.37. The minimum atomic E-state index is -0.0681. The molecule has 5 heteroatoms. The summed E-state index contributed by atoms with van der Waals surface area (Å²) >= 11 is 0. The molecule has 5 nitrogen and oxygen atoms in total.